The normalized spacial score (nSPS) is 13.2. The first-order valence-corrected chi connectivity index (χ1v) is 4.25. The summed E-state index contributed by atoms with van der Waals surface area (Å²) < 4.78 is 9.92. The Kier molecular flexibility index (Phi) is 8.81. The molecule has 0 aliphatic carbocycles. The SMILES string of the molecule is CCCCC(OO)OCCOC. The van der Waals surface area contributed by atoms with Gasteiger partial charge in [0, 0.05) is 13.5 Å². The first-order valence-electron chi connectivity index (χ1n) is 4.25. The number of hydrogen-bond donors (Lipinski definition) is 1. The number of methoxy groups -OCH3 is 1. The van der Waals surface area contributed by atoms with Crippen LogP contribution < -0.4 is 0 Å². The third kappa shape index (κ3) is 6.54. The first kappa shape index (κ1) is 11.8. The van der Waals surface area contributed by atoms with Crippen molar-refractivity contribution in [1.82, 2.24) is 0 Å². The van der Waals surface area contributed by atoms with E-state index in [1.165, 1.54) is 0 Å². The van der Waals surface area contributed by atoms with E-state index in [0.29, 0.717) is 13.2 Å². The third-order valence-corrected chi connectivity index (χ3v) is 1.50. The highest BCUT2D eigenvalue weighted by atomic mass is 17.1. The van der Waals surface area contributed by atoms with Crippen LogP contribution in [0, 0.1) is 0 Å². The minimum Gasteiger partial charge on any atom is -0.382 e. The van der Waals surface area contributed by atoms with E-state index in [1.807, 2.05) is 0 Å². The lowest BCUT2D eigenvalue weighted by atomic mass is 10.2. The number of unbranched alkanes of at least 4 members (excludes halogenated alkanes) is 1. The maximum atomic E-state index is 8.39. The molecule has 0 aliphatic heterocycles. The Morgan fingerprint density at radius 3 is 2.58 bits per heavy atom. The van der Waals surface area contributed by atoms with Gasteiger partial charge in [-0.05, 0) is 6.42 Å². The number of hydrogen-bond acceptors (Lipinski definition) is 4. The molecular formula is C8H18O4. The van der Waals surface area contributed by atoms with Gasteiger partial charge >= 0.3 is 0 Å². The summed E-state index contributed by atoms with van der Waals surface area (Å²) >= 11 is 0. The highest BCUT2D eigenvalue weighted by molar-refractivity contribution is 4.43. The number of rotatable bonds is 8. The highest BCUT2D eigenvalue weighted by Crippen LogP contribution is 2.04. The average molecular weight is 178 g/mol. The molecule has 0 aromatic carbocycles. The van der Waals surface area contributed by atoms with Crippen molar-refractivity contribution in [3.8, 4) is 0 Å². The molecule has 0 saturated heterocycles. The molecule has 1 atom stereocenters. The van der Waals surface area contributed by atoms with Gasteiger partial charge < -0.3 is 9.47 Å². The van der Waals surface area contributed by atoms with Crippen molar-refractivity contribution in [2.24, 2.45) is 0 Å². The summed E-state index contributed by atoms with van der Waals surface area (Å²) in [4.78, 5) is 4.12. The van der Waals surface area contributed by atoms with E-state index in [0.717, 1.165) is 19.3 Å². The standard InChI is InChI=1S/C8H18O4/c1-3-4-5-8(12-9)11-7-6-10-2/h8-9H,3-7H2,1-2H3. The lowest BCUT2D eigenvalue weighted by Crippen LogP contribution is -2.18. The van der Waals surface area contributed by atoms with Crippen LogP contribution in [0.4, 0.5) is 0 Å². The third-order valence-electron chi connectivity index (χ3n) is 1.50. The summed E-state index contributed by atoms with van der Waals surface area (Å²) in [6.45, 7) is 3.04. The van der Waals surface area contributed by atoms with E-state index in [1.54, 1.807) is 7.11 Å². The molecule has 0 aliphatic rings. The smallest absolute Gasteiger partial charge is 0.191 e. The van der Waals surface area contributed by atoms with Gasteiger partial charge in [-0.2, -0.15) is 0 Å². The summed E-state index contributed by atoms with van der Waals surface area (Å²) in [5.74, 6) is 0. The van der Waals surface area contributed by atoms with Crippen molar-refractivity contribution in [3.05, 3.63) is 0 Å². The van der Waals surface area contributed by atoms with Crippen LogP contribution in [0.25, 0.3) is 0 Å². The summed E-state index contributed by atoms with van der Waals surface area (Å²) in [5, 5.41) is 8.39. The second kappa shape index (κ2) is 8.93. The van der Waals surface area contributed by atoms with Crippen molar-refractivity contribution >= 4 is 0 Å². The van der Waals surface area contributed by atoms with Gasteiger partial charge in [0.25, 0.3) is 0 Å². The Morgan fingerprint density at radius 1 is 1.33 bits per heavy atom. The van der Waals surface area contributed by atoms with Gasteiger partial charge in [0.05, 0.1) is 13.2 Å². The molecule has 4 heteroatoms. The molecule has 0 heterocycles. The summed E-state index contributed by atoms with van der Waals surface area (Å²) in [6.07, 6.45) is 2.27. The predicted molar refractivity (Wildman–Crippen MR) is 44.9 cm³/mol. The largest absolute Gasteiger partial charge is 0.382 e. The molecule has 12 heavy (non-hydrogen) atoms. The van der Waals surface area contributed by atoms with E-state index in [9.17, 15) is 0 Å². The minimum atomic E-state index is -0.500. The van der Waals surface area contributed by atoms with Crippen LogP contribution in [-0.2, 0) is 14.4 Å². The van der Waals surface area contributed by atoms with Crippen molar-refractivity contribution in [2.45, 2.75) is 32.5 Å². The molecule has 0 amide bonds. The zero-order valence-electron chi connectivity index (χ0n) is 7.78. The van der Waals surface area contributed by atoms with Gasteiger partial charge in [-0.25, -0.2) is 10.1 Å². The summed E-state index contributed by atoms with van der Waals surface area (Å²) in [6, 6.07) is 0. The van der Waals surface area contributed by atoms with Gasteiger partial charge in [-0.1, -0.05) is 13.3 Å². The Bertz CT molecular complexity index is 87.1. The van der Waals surface area contributed by atoms with Crippen molar-refractivity contribution in [2.75, 3.05) is 20.3 Å². The monoisotopic (exact) mass is 178 g/mol. The molecule has 1 N–H and O–H groups in total. The van der Waals surface area contributed by atoms with Crippen LogP contribution in [0.5, 0.6) is 0 Å². The number of ether oxygens (including phenoxy) is 2. The van der Waals surface area contributed by atoms with Gasteiger partial charge in [0.15, 0.2) is 6.29 Å². The fourth-order valence-electron chi connectivity index (χ4n) is 0.800. The maximum Gasteiger partial charge on any atom is 0.191 e. The van der Waals surface area contributed by atoms with Crippen LogP contribution in [0.1, 0.15) is 26.2 Å². The van der Waals surface area contributed by atoms with Crippen molar-refractivity contribution in [3.63, 3.8) is 0 Å². The molecule has 0 radical (unpaired) electrons. The molecule has 4 nitrogen and oxygen atoms in total. The lowest BCUT2D eigenvalue weighted by molar-refractivity contribution is -0.348. The molecule has 0 aromatic heterocycles. The zero-order valence-corrected chi connectivity index (χ0v) is 7.78. The molecule has 0 saturated carbocycles. The van der Waals surface area contributed by atoms with Crippen LogP contribution in [0.3, 0.4) is 0 Å². The fourth-order valence-corrected chi connectivity index (χ4v) is 0.800. The molecule has 0 spiro atoms. The molecule has 0 rings (SSSR count). The van der Waals surface area contributed by atoms with E-state index < -0.39 is 6.29 Å². The average Bonchev–Trinajstić information content (AvgIpc) is 2.11. The van der Waals surface area contributed by atoms with Gasteiger partial charge in [-0.3, -0.25) is 0 Å². The van der Waals surface area contributed by atoms with Gasteiger partial charge in [0.1, 0.15) is 0 Å². The summed E-state index contributed by atoms with van der Waals surface area (Å²) in [7, 11) is 1.60. The second-order valence-corrected chi connectivity index (χ2v) is 2.54. The van der Waals surface area contributed by atoms with Gasteiger partial charge in [0.2, 0.25) is 0 Å². The zero-order chi connectivity index (χ0) is 9.23. The lowest BCUT2D eigenvalue weighted by Gasteiger charge is -2.13. The predicted octanol–water partition coefficient (Wildman–Crippen LogP) is 1.66. The van der Waals surface area contributed by atoms with Crippen LogP contribution in [0.2, 0.25) is 0 Å². The highest BCUT2D eigenvalue weighted by Gasteiger charge is 2.07. The molecule has 0 fully saturated rings. The molecule has 1 unspecified atom stereocenters. The topological polar surface area (TPSA) is 47.9 Å². The minimum absolute atomic E-state index is 0.450. The molecular weight excluding hydrogens is 160 g/mol. The first-order chi connectivity index (χ1) is 5.85. The van der Waals surface area contributed by atoms with E-state index in [2.05, 4.69) is 11.8 Å². The quantitative estimate of drug-likeness (QED) is 0.266. The van der Waals surface area contributed by atoms with Crippen LogP contribution in [-0.4, -0.2) is 31.9 Å². The molecule has 74 valence electrons. The van der Waals surface area contributed by atoms with Crippen molar-refractivity contribution < 1.29 is 19.6 Å². The fraction of sp³-hybridized carbons (Fsp3) is 1.00. The summed E-state index contributed by atoms with van der Waals surface area (Å²) in [5.41, 5.74) is 0. The van der Waals surface area contributed by atoms with E-state index >= 15 is 0 Å². The van der Waals surface area contributed by atoms with Crippen LogP contribution >= 0.6 is 0 Å². The molecule has 0 bridgehead atoms. The Morgan fingerprint density at radius 2 is 2.08 bits per heavy atom. The van der Waals surface area contributed by atoms with E-state index in [-0.39, 0.29) is 0 Å². The van der Waals surface area contributed by atoms with Gasteiger partial charge in [-0.15, -0.1) is 0 Å². The maximum absolute atomic E-state index is 8.39. The Hall–Kier alpha value is -0.160. The van der Waals surface area contributed by atoms with Crippen LogP contribution in [0.15, 0.2) is 0 Å². The Labute approximate surface area is 73.4 Å². The molecule has 0 aromatic rings. The Balaban J connectivity index is 3.26. The van der Waals surface area contributed by atoms with Crippen molar-refractivity contribution in [1.29, 1.82) is 0 Å². The van der Waals surface area contributed by atoms with E-state index in [4.69, 9.17) is 14.7 Å². The second-order valence-electron chi connectivity index (χ2n) is 2.54.